The molecule has 31 heavy (non-hydrogen) atoms. The first-order chi connectivity index (χ1) is 15.0. The second-order valence-corrected chi connectivity index (χ2v) is 7.07. The average molecular weight is 421 g/mol. The summed E-state index contributed by atoms with van der Waals surface area (Å²) in [6, 6.07) is 15.2. The zero-order valence-corrected chi connectivity index (χ0v) is 17.8. The lowest BCUT2D eigenvalue weighted by atomic mass is 10.0. The third-order valence-corrected chi connectivity index (χ3v) is 5.25. The van der Waals surface area contributed by atoms with E-state index < -0.39 is 11.2 Å². The molecule has 0 fully saturated rings. The maximum Gasteiger partial charge on any atom is 0.333 e. The summed E-state index contributed by atoms with van der Waals surface area (Å²) in [5, 5.41) is 3.56. The lowest BCUT2D eigenvalue weighted by Crippen LogP contribution is -2.36. The van der Waals surface area contributed by atoms with Gasteiger partial charge in [-0.3, -0.25) is 13.9 Å². The van der Waals surface area contributed by atoms with E-state index in [4.69, 9.17) is 13.9 Å². The molecular formula is C23H23N3O5. The van der Waals surface area contributed by atoms with Gasteiger partial charge in [0, 0.05) is 26.2 Å². The third kappa shape index (κ3) is 3.35. The van der Waals surface area contributed by atoms with Crippen LogP contribution in [0, 0.1) is 0 Å². The molecule has 0 aliphatic heterocycles. The molecule has 4 aromatic rings. The van der Waals surface area contributed by atoms with Gasteiger partial charge in [0.15, 0.2) is 11.5 Å². The highest BCUT2D eigenvalue weighted by Crippen LogP contribution is 2.44. The minimum atomic E-state index is -0.468. The summed E-state index contributed by atoms with van der Waals surface area (Å²) >= 11 is 0. The van der Waals surface area contributed by atoms with E-state index >= 15 is 0 Å². The molecule has 0 saturated carbocycles. The maximum atomic E-state index is 13.1. The number of benzene rings is 2. The van der Waals surface area contributed by atoms with Gasteiger partial charge in [0.1, 0.15) is 5.39 Å². The predicted molar refractivity (Wildman–Crippen MR) is 119 cm³/mol. The minimum Gasteiger partial charge on any atom is -0.493 e. The van der Waals surface area contributed by atoms with Gasteiger partial charge in [-0.05, 0) is 11.6 Å². The van der Waals surface area contributed by atoms with Gasteiger partial charge in [0.2, 0.25) is 11.6 Å². The first-order valence-corrected chi connectivity index (χ1v) is 9.69. The number of rotatable bonds is 6. The number of fused-ring (bicyclic) bond motifs is 1. The van der Waals surface area contributed by atoms with Gasteiger partial charge in [-0.2, -0.15) is 0 Å². The zero-order valence-electron chi connectivity index (χ0n) is 17.8. The minimum absolute atomic E-state index is 0.184. The highest BCUT2D eigenvalue weighted by Gasteiger charge is 2.26. The van der Waals surface area contributed by atoms with Crippen molar-refractivity contribution in [3.05, 3.63) is 74.9 Å². The summed E-state index contributed by atoms with van der Waals surface area (Å²) in [5.41, 5.74) is 1.43. The summed E-state index contributed by atoms with van der Waals surface area (Å²) in [6.07, 6.45) is 0. The molecule has 8 heteroatoms. The van der Waals surface area contributed by atoms with Gasteiger partial charge < -0.3 is 19.2 Å². The van der Waals surface area contributed by atoms with Crippen LogP contribution < -0.4 is 26.0 Å². The van der Waals surface area contributed by atoms with Crippen LogP contribution in [0.5, 0.6) is 11.5 Å². The number of furan rings is 1. The molecule has 0 spiro atoms. The quantitative estimate of drug-likeness (QED) is 0.515. The first kappa shape index (κ1) is 20.3. The van der Waals surface area contributed by atoms with Crippen LogP contribution in [0.2, 0.25) is 0 Å². The number of hydrogen-bond acceptors (Lipinski definition) is 6. The van der Waals surface area contributed by atoms with Crippen LogP contribution in [0.3, 0.4) is 0 Å². The van der Waals surface area contributed by atoms with Crippen molar-refractivity contribution in [1.82, 2.24) is 9.13 Å². The van der Waals surface area contributed by atoms with Gasteiger partial charge in [-0.1, -0.05) is 42.5 Å². The fourth-order valence-corrected chi connectivity index (χ4v) is 3.66. The monoisotopic (exact) mass is 421 g/mol. The summed E-state index contributed by atoms with van der Waals surface area (Å²) in [4.78, 5) is 25.6. The molecule has 0 saturated heterocycles. The van der Waals surface area contributed by atoms with Gasteiger partial charge >= 0.3 is 5.69 Å². The molecule has 2 aromatic carbocycles. The van der Waals surface area contributed by atoms with Crippen molar-refractivity contribution in [3.8, 4) is 22.6 Å². The molecule has 1 N–H and O–H groups in total. The van der Waals surface area contributed by atoms with Crippen LogP contribution in [-0.2, 0) is 20.6 Å². The molecule has 4 rings (SSSR count). The SMILES string of the molecule is COc1cccc(-c2c(NCc3ccccc3)oc3c2c(=O)n(C)c(=O)n3C)c1OC. The summed E-state index contributed by atoms with van der Waals surface area (Å²) in [5.74, 6) is 1.35. The fourth-order valence-electron chi connectivity index (χ4n) is 3.66. The number of aromatic nitrogens is 2. The number of anilines is 1. The Kier molecular flexibility index (Phi) is 5.29. The van der Waals surface area contributed by atoms with Crippen LogP contribution in [0.1, 0.15) is 5.56 Å². The number of nitrogens with zero attached hydrogens (tertiary/aromatic N) is 2. The van der Waals surface area contributed by atoms with E-state index in [1.165, 1.54) is 18.7 Å². The van der Waals surface area contributed by atoms with Gasteiger partial charge in [-0.25, -0.2) is 4.79 Å². The highest BCUT2D eigenvalue weighted by molar-refractivity contribution is 6.00. The normalized spacial score (nSPS) is 11.0. The van der Waals surface area contributed by atoms with Crippen molar-refractivity contribution in [3.63, 3.8) is 0 Å². The Morgan fingerprint density at radius 2 is 1.68 bits per heavy atom. The Bertz CT molecular complexity index is 1370. The van der Waals surface area contributed by atoms with E-state index in [1.807, 2.05) is 42.5 Å². The number of ether oxygens (including phenoxy) is 2. The second-order valence-electron chi connectivity index (χ2n) is 7.07. The van der Waals surface area contributed by atoms with Gasteiger partial charge in [-0.15, -0.1) is 0 Å². The lowest BCUT2D eigenvalue weighted by Gasteiger charge is -2.13. The van der Waals surface area contributed by atoms with Crippen LogP contribution in [-0.4, -0.2) is 23.4 Å². The number of nitrogens with one attached hydrogen (secondary N) is 1. The van der Waals surface area contributed by atoms with E-state index in [9.17, 15) is 9.59 Å². The molecule has 160 valence electrons. The average Bonchev–Trinajstić information content (AvgIpc) is 3.19. The molecule has 0 bridgehead atoms. The molecule has 2 aromatic heterocycles. The lowest BCUT2D eigenvalue weighted by molar-refractivity contribution is 0.356. The zero-order chi connectivity index (χ0) is 22.1. The molecule has 0 amide bonds. The van der Waals surface area contributed by atoms with Crippen molar-refractivity contribution in [2.45, 2.75) is 6.54 Å². The van der Waals surface area contributed by atoms with E-state index in [1.54, 1.807) is 20.2 Å². The van der Waals surface area contributed by atoms with E-state index in [-0.39, 0.29) is 11.1 Å². The Labute approximate surface area is 178 Å². The standard InChI is InChI=1S/C23H23N3O5/c1-25-21(27)18-17(15-11-8-12-16(29-3)19(15)30-4)20(31-22(18)26(2)23(25)28)24-13-14-9-6-5-7-10-14/h5-12,24H,13H2,1-4H3. The van der Waals surface area contributed by atoms with E-state index in [2.05, 4.69) is 5.32 Å². The van der Waals surface area contributed by atoms with E-state index in [0.29, 0.717) is 35.1 Å². The topological polar surface area (TPSA) is 87.6 Å². The van der Waals surface area contributed by atoms with Crippen molar-refractivity contribution in [1.29, 1.82) is 0 Å². The molecule has 0 radical (unpaired) electrons. The highest BCUT2D eigenvalue weighted by atomic mass is 16.5. The molecule has 8 nitrogen and oxygen atoms in total. The molecule has 0 aliphatic carbocycles. The predicted octanol–water partition coefficient (Wildman–Crippen LogP) is 3.13. The molecular weight excluding hydrogens is 398 g/mol. The maximum absolute atomic E-state index is 13.1. The van der Waals surface area contributed by atoms with Crippen molar-refractivity contribution < 1.29 is 13.9 Å². The van der Waals surface area contributed by atoms with Crippen LogP contribution in [0.4, 0.5) is 5.88 Å². The number of aryl methyl sites for hydroxylation is 1. The molecule has 0 aliphatic rings. The van der Waals surface area contributed by atoms with Crippen molar-refractivity contribution >= 4 is 17.0 Å². The Balaban J connectivity index is 2.02. The summed E-state index contributed by atoms with van der Waals surface area (Å²) < 4.78 is 19.5. The first-order valence-electron chi connectivity index (χ1n) is 9.69. The van der Waals surface area contributed by atoms with Crippen molar-refractivity contribution in [2.24, 2.45) is 14.1 Å². The smallest absolute Gasteiger partial charge is 0.333 e. The number of hydrogen-bond donors (Lipinski definition) is 1. The molecule has 2 heterocycles. The molecule has 0 unspecified atom stereocenters. The largest absolute Gasteiger partial charge is 0.493 e. The second kappa shape index (κ2) is 8.06. The summed E-state index contributed by atoms with van der Waals surface area (Å²) in [7, 11) is 6.10. The van der Waals surface area contributed by atoms with Crippen LogP contribution in [0.25, 0.3) is 22.2 Å². The van der Waals surface area contributed by atoms with Crippen LogP contribution in [0.15, 0.2) is 62.5 Å². The fraction of sp³-hybridized carbons (Fsp3) is 0.217. The number of methoxy groups -OCH3 is 2. The van der Waals surface area contributed by atoms with Crippen LogP contribution >= 0.6 is 0 Å². The third-order valence-electron chi connectivity index (χ3n) is 5.25. The Hall–Kier alpha value is -3.94. The molecule has 0 atom stereocenters. The Morgan fingerprint density at radius 1 is 0.935 bits per heavy atom. The van der Waals surface area contributed by atoms with Gasteiger partial charge in [0.05, 0.1) is 19.8 Å². The van der Waals surface area contributed by atoms with Crippen molar-refractivity contribution in [2.75, 3.05) is 19.5 Å². The van der Waals surface area contributed by atoms with E-state index in [0.717, 1.165) is 10.1 Å². The summed E-state index contributed by atoms with van der Waals surface area (Å²) in [6.45, 7) is 0.466. The Morgan fingerprint density at radius 3 is 2.35 bits per heavy atom. The van der Waals surface area contributed by atoms with Gasteiger partial charge in [0.25, 0.3) is 5.56 Å². The number of para-hydroxylation sites is 1.